The van der Waals surface area contributed by atoms with E-state index < -0.39 is 0 Å². The van der Waals surface area contributed by atoms with Gasteiger partial charge in [0.25, 0.3) is 5.91 Å². The molecule has 0 N–H and O–H groups in total. The van der Waals surface area contributed by atoms with Gasteiger partial charge in [0.15, 0.2) is 0 Å². The predicted octanol–water partition coefficient (Wildman–Crippen LogP) is 1.94. The van der Waals surface area contributed by atoms with E-state index in [1.54, 1.807) is 35.7 Å². The van der Waals surface area contributed by atoms with Crippen LogP contribution < -0.4 is 0 Å². The standard InChI is InChI=1S/C12H15N3O/c1-9(2)11-5-7-14-15(11)12(16)10-4-3-6-13-8-10/h3-4,6-9,11H,5H2,1-2H3. The number of carbonyl (C=O) groups excluding carboxylic acids is 1. The molecule has 2 heterocycles. The summed E-state index contributed by atoms with van der Waals surface area (Å²) >= 11 is 0. The normalized spacial score (nSPS) is 19.4. The van der Waals surface area contributed by atoms with Crippen LogP contribution in [0.15, 0.2) is 29.6 Å². The van der Waals surface area contributed by atoms with Gasteiger partial charge in [0.1, 0.15) is 0 Å². The fourth-order valence-electron chi connectivity index (χ4n) is 1.81. The van der Waals surface area contributed by atoms with Crippen molar-refractivity contribution in [1.29, 1.82) is 0 Å². The van der Waals surface area contributed by atoms with E-state index in [0.29, 0.717) is 11.5 Å². The van der Waals surface area contributed by atoms with Crippen LogP contribution >= 0.6 is 0 Å². The molecule has 0 aromatic carbocycles. The van der Waals surface area contributed by atoms with Gasteiger partial charge < -0.3 is 0 Å². The molecule has 0 radical (unpaired) electrons. The Kier molecular flexibility index (Phi) is 2.99. The van der Waals surface area contributed by atoms with E-state index in [0.717, 1.165) is 6.42 Å². The lowest BCUT2D eigenvalue weighted by molar-refractivity contribution is 0.0671. The summed E-state index contributed by atoms with van der Waals surface area (Å²) in [5, 5.41) is 5.72. The quantitative estimate of drug-likeness (QED) is 0.760. The molecule has 1 aliphatic rings. The molecular weight excluding hydrogens is 202 g/mol. The highest BCUT2D eigenvalue weighted by Crippen LogP contribution is 2.21. The van der Waals surface area contributed by atoms with E-state index in [2.05, 4.69) is 23.9 Å². The van der Waals surface area contributed by atoms with Crippen LogP contribution in [0.5, 0.6) is 0 Å². The number of rotatable bonds is 2. The van der Waals surface area contributed by atoms with Crippen LogP contribution in [-0.2, 0) is 0 Å². The van der Waals surface area contributed by atoms with Gasteiger partial charge in [0.05, 0.1) is 11.6 Å². The van der Waals surface area contributed by atoms with E-state index in [1.165, 1.54) is 0 Å². The Morgan fingerprint density at radius 2 is 2.38 bits per heavy atom. The number of hydrazone groups is 1. The Balaban J connectivity index is 2.19. The molecule has 0 saturated carbocycles. The van der Waals surface area contributed by atoms with Crippen molar-refractivity contribution in [2.45, 2.75) is 26.3 Å². The number of hydrogen-bond donors (Lipinski definition) is 0. The molecule has 16 heavy (non-hydrogen) atoms. The van der Waals surface area contributed by atoms with E-state index in [4.69, 9.17) is 0 Å². The molecule has 1 amide bonds. The van der Waals surface area contributed by atoms with Crippen LogP contribution in [0.1, 0.15) is 30.6 Å². The Morgan fingerprint density at radius 3 is 3.00 bits per heavy atom. The molecule has 0 bridgehead atoms. The van der Waals surface area contributed by atoms with Crippen molar-refractivity contribution in [2.24, 2.45) is 11.0 Å². The lowest BCUT2D eigenvalue weighted by Gasteiger charge is -2.24. The number of aromatic nitrogens is 1. The van der Waals surface area contributed by atoms with Gasteiger partial charge >= 0.3 is 0 Å². The molecule has 0 spiro atoms. The number of nitrogens with zero attached hydrogens (tertiary/aromatic N) is 3. The number of carbonyl (C=O) groups is 1. The minimum absolute atomic E-state index is 0.0689. The second-order valence-corrected chi connectivity index (χ2v) is 4.24. The van der Waals surface area contributed by atoms with Crippen molar-refractivity contribution in [3.05, 3.63) is 30.1 Å². The molecule has 4 nitrogen and oxygen atoms in total. The van der Waals surface area contributed by atoms with Crippen molar-refractivity contribution >= 4 is 12.1 Å². The molecule has 84 valence electrons. The zero-order valence-corrected chi connectivity index (χ0v) is 9.50. The van der Waals surface area contributed by atoms with Crippen LogP contribution in [0, 0.1) is 5.92 Å². The van der Waals surface area contributed by atoms with Crippen LogP contribution in [0.25, 0.3) is 0 Å². The first-order chi connectivity index (χ1) is 7.70. The maximum absolute atomic E-state index is 12.1. The topological polar surface area (TPSA) is 45.6 Å². The summed E-state index contributed by atoms with van der Waals surface area (Å²) < 4.78 is 0. The van der Waals surface area contributed by atoms with Crippen molar-refractivity contribution in [1.82, 2.24) is 9.99 Å². The maximum atomic E-state index is 12.1. The molecule has 1 unspecified atom stereocenters. The third-order valence-corrected chi connectivity index (χ3v) is 2.75. The Morgan fingerprint density at radius 1 is 1.56 bits per heavy atom. The van der Waals surface area contributed by atoms with Crippen LogP contribution in [0.4, 0.5) is 0 Å². The molecule has 1 aliphatic heterocycles. The minimum Gasteiger partial charge on any atom is -0.267 e. The fourth-order valence-corrected chi connectivity index (χ4v) is 1.81. The van der Waals surface area contributed by atoms with Gasteiger partial charge in [0, 0.05) is 25.0 Å². The summed E-state index contributed by atoms with van der Waals surface area (Å²) in [4.78, 5) is 16.1. The third kappa shape index (κ3) is 1.96. The third-order valence-electron chi connectivity index (χ3n) is 2.75. The highest BCUT2D eigenvalue weighted by atomic mass is 16.2. The smallest absolute Gasteiger partial charge is 0.267 e. The zero-order chi connectivity index (χ0) is 11.5. The molecule has 2 rings (SSSR count). The van der Waals surface area contributed by atoms with Crippen molar-refractivity contribution in [3.63, 3.8) is 0 Å². The van der Waals surface area contributed by atoms with Crippen LogP contribution in [-0.4, -0.2) is 28.2 Å². The van der Waals surface area contributed by atoms with Gasteiger partial charge in [-0.3, -0.25) is 9.78 Å². The first-order valence-corrected chi connectivity index (χ1v) is 5.46. The summed E-state index contributed by atoms with van der Waals surface area (Å²) in [6, 6.07) is 3.70. The molecule has 1 atom stereocenters. The summed E-state index contributed by atoms with van der Waals surface area (Å²) in [5.41, 5.74) is 0.590. The van der Waals surface area contributed by atoms with Gasteiger partial charge in [0.2, 0.25) is 0 Å². The molecule has 1 aromatic heterocycles. The molecule has 0 saturated heterocycles. The van der Waals surface area contributed by atoms with Crippen molar-refractivity contribution in [3.8, 4) is 0 Å². The Bertz CT molecular complexity index is 400. The first kappa shape index (κ1) is 10.8. The Labute approximate surface area is 95.0 Å². The van der Waals surface area contributed by atoms with Gasteiger partial charge in [-0.1, -0.05) is 13.8 Å². The van der Waals surface area contributed by atoms with Gasteiger partial charge in [-0.2, -0.15) is 5.10 Å². The molecule has 0 fully saturated rings. The second kappa shape index (κ2) is 4.43. The average Bonchev–Trinajstić information content (AvgIpc) is 2.78. The minimum atomic E-state index is -0.0689. The summed E-state index contributed by atoms with van der Waals surface area (Å²) in [7, 11) is 0. The monoisotopic (exact) mass is 217 g/mol. The molecule has 1 aromatic rings. The molecular formula is C12H15N3O. The van der Waals surface area contributed by atoms with E-state index in [1.807, 2.05) is 0 Å². The molecule has 4 heteroatoms. The Hall–Kier alpha value is -1.71. The summed E-state index contributed by atoms with van der Waals surface area (Å²) in [6.45, 7) is 4.20. The fraction of sp³-hybridized carbons (Fsp3) is 0.417. The van der Waals surface area contributed by atoms with E-state index in [-0.39, 0.29) is 11.9 Å². The van der Waals surface area contributed by atoms with Gasteiger partial charge in [-0.25, -0.2) is 5.01 Å². The lowest BCUT2D eigenvalue weighted by Crippen LogP contribution is -2.36. The van der Waals surface area contributed by atoms with E-state index in [9.17, 15) is 4.79 Å². The summed E-state index contributed by atoms with van der Waals surface area (Å²) in [5.74, 6) is 0.337. The number of pyridine rings is 1. The van der Waals surface area contributed by atoms with Crippen molar-refractivity contribution in [2.75, 3.05) is 0 Å². The van der Waals surface area contributed by atoms with Crippen molar-refractivity contribution < 1.29 is 4.79 Å². The second-order valence-electron chi connectivity index (χ2n) is 4.24. The van der Waals surface area contributed by atoms with Crippen LogP contribution in [0.3, 0.4) is 0 Å². The lowest BCUT2D eigenvalue weighted by atomic mass is 10.0. The molecule has 0 aliphatic carbocycles. The maximum Gasteiger partial charge on any atom is 0.275 e. The SMILES string of the molecule is CC(C)C1CC=NN1C(=O)c1cccnc1. The van der Waals surface area contributed by atoms with Gasteiger partial charge in [-0.05, 0) is 18.1 Å². The van der Waals surface area contributed by atoms with E-state index >= 15 is 0 Å². The zero-order valence-electron chi connectivity index (χ0n) is 9.50. The number of amides is 1. The average molecular weight is 217 g/mol. The highest BCUT2D eigenvalue weighted by molar-refractivity contribution is 5.95. The first-order valence-electron chi connectivity index (χ1n) is 5.46. The largest absolute Gasteiger partial charge is 0.275 e. The van der Waals surface area contributed by atoms with Gasteiger partial charge in [-0.15, -0.1) is 0 Å². The summed E-state index contributed by atoms with van der Waals surface area (Å²) in [6.07, 6.45) is 5.88. The predicted molar refractivity (Wildman–Crippen MR) is 62.1 cm³/mol. The number of hydrogen-bond acceptors (Lipinski definition) is 3. The van der Waals surface area contributed by atoms with Crippen LogP contribution in [0.2, 0.25) is 0 Å². The highest BCUT2D eigenvalue weighted by Gasteiger charge is 2.29.